The van der Waals surface area contributed by atoms with Crippen LogP contribution in [-0.4, -0.2) is 19.0 Å². The van der Waals surface area contributed by atoms with E-state index in [2.05, 4.69) is 70.9 Å². The minimum atomic E-state index is -0.599. The van der Waals surface area contributed by atoms with Crippen LogP contribution in [-0.2, 0) is 0 Å². The molecule has 0 unspecified atom stereocenters. The van der Waals surface area contributed by atoms with Crippen molar-refractivity contribution in [3.8, 4) is 0 Å². The van der Waals surface area contributed by atoms with Crippen molar-refractivity contribution in [2.75, 3.05) is 0 Å². The van der Waals surface area contributed by atoms with Crippen molar-refractivity contribution in [2.24, 2.45) is 0 Å². The summed E-state index contributed by atoms with van der Waals surface area (Å²) in [7, 11) is 3.02. The Labute approximate surface area is 102 Å². The third-order valence-electron chi connectivity index (χ3n) is 2.62. The van der Waals surface area contributed by atoms with Gasteiger partial charge in [-0.15, -0.1) is 0 Å². The zero-order valence-electron chi connectivity index (χ0n) is 9.19. The highest BCUT2D eigenvalue weighted by atomic mass is 28.3. The molecule has 0 aliphatic carbocycles. The molecule has 2 rings (SSSR count). The molecule has 0 aliphatic rings. The summed E-state index contributed by atoms with van der Waals surface area (Å²) >= 11 is 0. The average molecular weight is 238 g/mol. The fourth-order valence-corrected chi connectivity index (χ4v) is 4.96. The van der Waals surface area contributed by atoms with Gasteiger partial charge in [0.25, 0.3) is 0 Å². The van der Waals surface area contributed by atoms with E-state index in [1.807, 2.05) is 0 Å². The smallest absolute Gasteiger partial charge is 0.0657 e. The van der Waals surface area contributed by atoms with Crippen LogP contribution in [0.1, 0.15) is 0 Å². The first-order valence-electron chi connectivity index (χ1n) is 5.53. The Kier molecular flexibility index (Phi) is 4.13. The highest BCUT2D eigenvalue weighted by molar-refractivity contribution is 6.85. The van der Waals surface area contributed by atoms with Gasteiger partial charge in [-0.3, -0.25) is 0 Å². The number of hydrogen-bond acceptors (Lipinski definition) is 0. The third-order valence-corrected chi connectivity index (χ3v) is 6.18. The Morgan fingerprint density at radius 1 is 0.750 bits per heavy atom. The van der Waals surface area contributed by atoms with E-state index in [0.717, 1.165) is 6.04 Å². The topological polar surface area (TPSA) is 0 Å². The quantitative estimate of drug-likeness (QED) is 0.714. The molecule has 0 aliphatic heterocycles. The minimum Gasteiger partial charge on any atom is -0.0657 e. The van der Waals surface area contributed by atoms with Gasteiger partial charge in [-0.25, -0.2) is 0 Å². The number of rotatable bonds is 4. The van der Waals surface area contributed by atoms with Gasteiger partial charge in [-0.05, 0) is 0 Å². The summed E-state index contributed by atoms with van der Waals surface area (Å²) in [5.41, 5.74) is 0. The summed E-state index contributed by atoms with van der Waals surface area (Å²) < 4.78 is 0. The molecule has 0 amide bonds. The normalized spacial score (nSPS) is 10.6. The first kappa shape index (κ1) is 11.4. The lowest BCUT2D eigenvalue weighted by molar-refractivity contribution is 1.42. The molecule has 0 spiro atoms. The van der Waals surface area contributed by atoms with Crippen molar-refractivity contribution in [3.63, 3.8) is 0 Å². The second kappa shape index (κ2) is 5.82. The van der Waals surface area contributed by atoms with E-state index >= 15 is 0 Å². The van der Waals surface area contributed by atoms with E-state index in [9.17, 15) is 0 Å². The summed E-state index contributed by atoms with van der Waals surface area (Å²) in [4.78, 5) is 0. The predicted octanol–water partition coefficient (Wildman–Crippen LogP) is 1.88. The zero-order chi connectivity index (χ0) is 11.2. The van der Waals surface area contributed by atoms with Gasteiger partial charge < -0.3 is 0 Å². The maximum Gasteiger partial charge on any atom is 0.121 e. The van der Waals surface area contributed by atoms with E-state index < -0.39 is 8.80 Å². The van der Waals surface area contributed by atoms with Crippen molar-refractivity contribution in [1.29, 1.82) is 0 Å². The van der Waals surface area contributed by atoms with E-state index in [4.69, 9.17) is 0 Å². The molecule has 0 saturated carbocycles. The molecule has 0 atom stereocenters. The second-order valence-corrected chi connectivity index (χ2v) is 6.82. The fourth-order valence-electron chi connectivity index (χ4n) is 1.86. The van der Waals surface area contributed by atoms with Crippen molar-refractivity contribution >= 4 is 29.4 Å². The van der Waals surface area contributed by atoms with Crippen LogP contribution < -0.4 is 10.4 Å². The van der Waals surface area contributed by atoms with Gasteiger partial charge in [-0.1, -0.05) is 83.1 Å². The van der Waals surface area contributed by atoms with Gasteiger partial charge in [0.2, 0.25) is 0 Å². The lowest BCUT2D eigenvalue weighted by atomic mass is 10.4. The third kappa shape index (κ3) is 2.71. The molecule has 16 heavy (non-hydrogen) atoms. The predicted molar refractivity (Wildman–Crippen MR) is 73.3 cm³/mol. The molecule has 2 aromatic carbocycles. The Bertz CT molecular complexity index is 372. The molecule has 0 nitrogen and oxygen atoms in total. The molecular formula is C14H14Si2. The lowest BCUT2D eigenvalue weighted by Gasteiger charge is -2.14. The molecule has 0 aromatic heterocycles. The second-order valence-electron chi connectivity index (χ2n) is 3.71. The molecule has 2 aromatic rings. The molecule has 4 radical (unpaired) electrons. The molecule has 0 saturated heterocycles. The molecule has 2 heteroatoms. The zero-order valence-corrected chi connectivity index (χ0v) is 11.2. The summed E-state index contributed by atoms with van der Waals surface area (Å²) in [6.45, 7) is 0. The Hall–Kier alpha value is -1.13. The highest BCUT2D eigenvalue weighted by Gasteiger charge is 2.14. The van der Waals surface area contributed by atoms with E-state index in [1.165, 1.54) is 16.4 Å². The maximum atomic E-state index is 3.62. The van der Waals surface area contributed by atoms with Crippen LogP contribution in [0.2, 0.25) is 12.1 Å². The van der Waals surface area contributed by atoms with Crippen LogP contribution in [0.25, 0.3) is 0 Å². The largest absolute Gasteiger partial charge is 0.121 e. The SMILES string of the molecule is [Si]CC[Si](c1ccccc1)c1ccccc1. The van der Waals surface area contributed by atoms with Crippen molar-refractivity contribution in [1.82, 2.24) is 0 Å². The molecule has 0 N–H and O–H groups in total. The van der Waals surface area contributed by atoms with Gasteiger partial charge in [-0.2, -0.15) is 0 Å². The molecule has 78 valence electrons. The van der Waals surface area contributed by atoms with Crippen molar-refractivity contribution in [3.05, 3.63) is 60.7 Å². The van der Waals surface area contributed by atoms with Gasteiger partial charge in [0.15, 0.2) is 0 Å². The number of benzene rings is 2. The van der Waals surface area contributed by atoms with Gasteiger partial charge in [0.05, 0.1) is 0 Å². The Morgan fingerprint density at radius 3 is 1.56 bits per heavy atom. The van der Waals surface area contributed by atoms with E-state index in [-0.39, 0.29) is 0 Å². The molecular weight excluding hydrogens is 224 g/mol. The van der Waals surface area contributed by atoms with Gasteiger partial charge >= 0.3 is 0 Å². The first-order valence-corrected chi connectivity index (χ1v) is 7.94. The fraction of sp³-hybridized carbons (Fsp3) is 0.143. The van der Waals surface area contributed by atoms with Gasteiger partial charge in [0.1, 0.15) is 8.80 Å². The highest BCUT2D eigenvalue weighted by Crippen LogP contribution is 2.00. The first-order chi connectivity index (χ1) is 7.92. The van der Waals surface area contributed by atoms with Crippen LogP contribution >= 0.6 is 0 Å². The van der Waals surface area contributed by atoms with Crippen molar-refractivity contribution < 1.29 is 0 Å². The molecule has 0 heterocycles. The summed E-state index contributed by atoms with van der Waals surface area (Å²) in [5, 5.41) is 2.99. The van der Waals surface area contributed by atoms with Crippen molar-refractivity contribution in [2.45, 2.75) is 12.1 Å². The summed E-state index contributed by atoms with van der Waals surface area (Å²) in [6, 6.07) is 24.0. The summed E-state index contributed by atoms with van der Waals surface area (Å²) in [5.74, 6) is 0. The van der Waals surface area contributed by atoms with Crippen LogP contribution in [0.3, 0.4) is 0 Å². The molecule has 0 fully saturated rings. The monoisotopic (exact) mass is 238 g/mol. The number of hydrogen-bond donors (Lipinski definition) is 0. The lowest BCUT2D eigenvalue weighted by Crippen LogP contribution is -2.41. The van der Waals surface area contributed by atoms with Crippen LogP contribution in [0.15, 0.2) is 60.7 Å². The van der Waals surface area contributed by atoms with E-state index in [0.29, 0.717) is 0 Å². The standard InChI is InChI=1S/C14H14Si2/c15-11-12-16(13-7-3-1-4-8-13)14-9-5-2-6-10-14/h1-10H,11-12H2. The maximum absolute atomic E-state index is 3.62. The van der Waals surface area contributed by atoms with E-state index in [1.54, 1.807) is 0 Å². The average Bonchev–Trinajstić information content (AvgIpc) is 2.38. The summed E-state index contributed by atoms with van der Waals surface area (Å²) in [6.07, 6.45) is 0. The van der Waals surface area contributed by atoms with Gasteiger partial charge in [0, 0.05) is 10.2 Å². The van der Waals surface area contributed by atoms with Crippen LogP contribution in [0.5, 0.6) is 0 Å². The Morgan fingerprint density at radius 2 is 1.19 bits per heavy atom. The minimum absolute atomic E-state index is 0.599. The van der Waals surface area contributed by atoms with Crippen LogP contribution in [0, 0.1) is 0 Å². The Balaban J connectivity index is 2.31. The van der Waals surface area contributed by atoms with Crippen LogP contribution in [0.4, 0.5) is 0 Å². The molecule has 0 bridgehead atoms.